The van der Waals surface area contributed by atoms with Gasteiger partial charge >= 0.3 is 0 Å². The van der Waals surface area contributed by atoms with E-state index in [1.807, 2.05) is 0 Å². The highest BCUT2D eigenvalue weighted by Crippen LogP contribution is 2.29. The topological polar surface area (TPSA) is 72.0 Å². The molecule has 3 N–H and O–H groups in total. The van der Waals surface area contributed by atoms with Gasteiger partial charge in [0.1, 0.15) is 11.4 Å². The van der Waals surface area contributed by atoms with Crippen molar-refractivity contribution in [2.75, 3.05) is 29.7 Å². The van der Waals surface area contributed by atoms with E-state index in [2.05, 4.69) is 20.3 Å². The largest absolute Gasteiger partial charge is 0.588 e. The number of hydrogen-bond donors (Lipinski definition) is 3. The number of hydrogen-bond acceptors (Lipinski definition) is 6. The molecule has 5 nitrogen and oxygen atoms in total. The summed E-state index contributed by atoms with van der Waals surface area (Å²) in [6.07, 6.45) is 2.59. The van der Waals surface area contributed by atoms with Crippen molar-refractivity contribution in [2.45, 2.75) is 11.3 Å². The fourth-order valence-electron chi connectivity index (χ4n) is 2.18. The third-order valence-electron chi connectivity index (χ3n) is 3.57. The average molecular weight is 375 g/mol. The van der Waals surface area contributed by atoms with E-state index < -0.39 is 17.2 Å². The van der Waals surface area contributed by atoms with Gasteiger partial charge in [-0.15, -0.1) is 11.3 Å². The van der Waals surface area contributed by atoms with Crippen LogP contribution in [0.3, 0.4) is 0 Å². The number of nitrogens with zero attached hydrogens (tertiary/aromatic N) is 1. The van der Waals surface area contributed by atoms with Crippen molar-refractivity contribution in [1.82, 2.24) is 10.3 Å². The molecule has 1 unspecified atom stereocenters. The Morgan fingerprint density at radius 1 is 1.48 bits per heavy atom. The molecule has 2 aromatic rings. The summed E-state index contributed by atoms with van der Waals surface area (Å²) in [6.45, 7) is 2.79. The number of anilines is 2. The van der Waals surface area contributed by atoms with Gasteiger partial charge in [0.2, 0.25) is 10.0 Å². The molecule has 0 amide bonds. The zero-order chi connectivity index (χ0) is 16.2. The maximum absolute atomic E-state index is 14.2. The fourth-order valence-corrected chi connectivity index (χ4v) is 4.05. The van der Waals surface area contributed by atoms with Gasteiger partial charge in [0.15, 0.2) is 5.82 Å². The molecule has 1 aliphatic heterocycles. The van der Waals surface area contributed by atoms with Crippen LogP contribution in [0.2, 0.25) is 5.02 Å². The first kappa shape index (κ1) is 16.8. The maximum Gasteiger partial charge on any atom is 0.226 e. The van der Waals surface area contributed by atoms with Gasteiger partial charge in [-0.2, -0.15) is 4.72 Å². The molecule has 3 rings (SSSR count). The Balaban J connectivity index is 1.63. The predicted molar refractivity (Wildman–Crippen MR) is 93.0 cm³/mol. The summed E-state index contributed by atoms with van der Waals surface area (Å²) in [5.41, 5.74) is 0.520. The van der Waals surface area contributed by atoms with Gasteiger partial charge in [-0.25, -0.2) is 9.37 Å². The smallest absolute Gasteiger partial charge is 0.226 e. The molecular formula is C14H16ClFN4OS2. The second-order valence-electron chi connectivity index (χ2n) is 5.21. The van der Waals surface area contributed by atoms with Crippen LogP contribution in [-0.2, 0) is 11.4 Å². The summed E-state index contributed by atoms with van der Waals surface area (Å²) in [5, 5.41) is 8.91. The minimum Gasteiger partial charge on any atom is -0.588 e. The first-order valence-electron chi connectivity index (χ1n) is 7.15. The first-order chi connectivity index (χ1) is 11.1. The monoisotopic (exact) mass is 374 g/mol. The lowest BCUT2D eigenvalue weighted by atomic mass is 9.99. The molecule has 9 heteroatoms. The van der Waals surface area contributed by atoms with Gasteiger partial charge in [0.25, 0.3) is 0 Å². The number of rotatable bonds is 7. The Morgan fingerprint density at radius 2 is 2.30 bits per heavy atom. The Kier molecular flexibility index (Phi) is 5.60. The summed E-state index contributed by atoms with van der Waals surface area (Å²) in [4.78, 5) is 3.98. The van der Waals surface area contributed by atoms with Crippen molar-refractivity contribution in [3.05, 3.63) is 34.5 Å². The number of benzene rings is 1. The lowest BCUT2D eigenvalue weighted by molar-refractivity contribution is 0.334. The molecule has 1 saturated heterocycles. The van der Waals surface area contributed by atoms with Gasteiger partial charge in [-0.05, 0) is 25.4 Å². The van der Waals surface area contributed by atoms with Crippen LogP contribution in [0.25, 0.3) is 0 Å². The van der Waals surface area contributed by atoms with Crippen LogP contribution < -0.4 is 15.4 Å². The Bertz CT molecular complexity index is 654. The second kappa shape index (κ2) is 7.67. The first-order valence-corrected chi connectivity index (χ1v) is 9.56. The zero-order valence-electron chi connectivity index (χ0n) is 12.1. The van der Waals surface area contributed by atoms with Gasteiger partial charge in [0.05, 0.1) is 10.7 Å². The molecule has 124 valence electrons. The lowest BCUT2D eigenvalue weighted by Crippen LogP contribution is -2.42. The standard InChI is InChI=1S/C14H16ClFN4OS2/c15-10-5-13(23(21)20-14-19-3-4-22-14)11(16)6-12(10)18-2-1-9-7-17-8-9/h3-6,9,17-18H,1-2,7-8H2,(H,19,20). The van der Waals surface area contributed by atoms with Crippen molar-refractivity contribution in [1.29, 1.82) is 0 Å². The number of nitrogens with one attached hydrogen (secondary N) is 3. The van der Waals surface area contributed by atoms with Gasteiger partial charge < -0.3 is 15.2 Å². The molecule has 0 spiro atoms. The molecule has 1 fully saturated rings. The quantitative estimate of drug-likeness (QED) is 0.649. The molecule has 0 aliphatic carbocycles. The van der Waals surface area contributed by atoms with Crippen molar-refractivity contribution in [2.24, 2.45) is 5.92 Å². The normalized spacial score (nSPS) is 16.0. The molecule has 1 aromatic heterocycles. The van der Waals surface area contributed by atoms with Crippen molar-refractivity contribution >= 4 is 45.1 Å². The highest BCUT2D eigenvalue weighted by Gasteiger charge is 2.22. The van der Waals surface area contributed by atoms with E-state index in [-0.39, 0.29) is 4.90 Å². The predicted octanol–water partition coefficient (Wildman–Crippen LogP) is 3.09. The minimum absolute atomic E-state index is 0.0129. The minimum atomic E-state index is -1.75. The SMILES string of the molecule is [O-][S+](Nc1nccs1)c1cc(Cl)c(NCCC2CNC2)cc1F. The zero-order valence-corrected chi connectivity index (χ0v) is 14.5. The van der Waals surface area contributed by atoms with E-state index >= 15 is 0 Å². The Morgan fingerprint density at radius 3 is 2.96 bits per heavy atom. The molecule has 1 aliphatic rings. The van der Waals surface area contributed by atoms with E-state index in [1.54, 1.807) is 11.6 Å². The third kappa shape index (κ3) is 4.27. The van der Waals surface area contributed by atoms with E-state index in [9.17, 15) is 8.94 Å². The number of thiazole rings is 1. The van der Waals surface area contributed by atoms with E-state index in [1.165, 1.54) is 23.5 Å². The summed E-state index contributed by atoms with van der Waals surface area (Å²) in [5.74, 6) is 0.102. The molecule has 1 aromatic carbocycles. The van der Waals surface area contributed by atoms with E-state index in [0.29, 0.717) is 21.8 Å². The average Bonchev–Trinajstić information content (AvgIpc) is 2.97. The highest BCUT2D eigenvalue weighted by atomic mass is 35.5. The van der Waals surface area contributed by atoms with Crippen LogP contribution in [0.4, 0.5) is 15.2 Å². The molecule has 0 radical (unpaired) electrons. The molecular weight excluding hydrogens is 359 g/mol. The van der Waals surface area contributed by atoms with Crippen molar-refractivity contribution < 1.29 is 8.94 Å². The number of aromatic nitrogens is 1. The van der Waals surface area contributed by atoms with Crippen molar-refractivity contribution in [3.8, 4) is 0 Å². The molecule has 23 heavy (non-hydrogen) atoms. The summed E-state index contributed by atoms with van der Waals surface area (Å²) in [6, 6.07) is 2.68. The molecule has 0 bridgehead atoms. The molecule has 1 atom stereocenters. The van der Waals surface area contributed by atoms with Crippen LogP contribution in [-0.4, -0.2) is 29.2 Å². The lowest BCUT2D eigenvalue weighted by Gasteiger charge is -2.27. The van der Waals surface area contributed by atoms with Gasteiger partial charge in [-0.3, -0.25) is 0 Å². The molecule has 0 saturated carbocycles. The fraction of sp³-hybridized carbons (Fsp3) is 0.357. The molecule has 2 heterocycles. The maximum atomic E-state index is 14.2. The summed E-state index contributed by atoms with van der Waals surface area (Å²) >= 11 is 5.72. The third-order valence-corrected chi connectivity index (χ3v) is 5.79. The summed E-state index contributed by atoms with van der Waals surface area (Å²) in [7, 11) is 0. The second-order valence-corrected chi connectivity index (χ2v) is 7.69. The van der Waals surface area contributed by atoms with Gasteiger partial charge in [0, 0.05) is 30.3 Å². The number of halogens is 2. The Hall–Kier alpha value is -1.06. The van der Waals surface area contributed by atoms with E-state index in [4.69, 9.17) is 11.6 Å². The van der Waals surface area contributed by atoms with Crippen LogP contribution in [0, 0.1) is 11.7 Å². The van der Waals surface area contributed by atoms with Crippen LogP contribution in [0.15, 0.2) is 28.6 Å². The van der Waals surface area contributed by atoms with Gasteiger partial charge in [-0.1, -0.05) is 11.6 Å². The van der Waals surface area contributed by atoms with Crippen molar-refractivity contribution in [3.63, 3.8) is 0 Å². The summed E-state index contributed by atoms with van der Waals surface area (Å²) < 4.78 is 29.1. The van der Waals surface area contributed by atoms with Crippen LogP contribution >= 0.6 is 22.9 Å². The highest BCUT2D eigenvalue weighted by molar-refractivity contribution is 7.93. The van der Waals surface area contributed by atoms with Crippen LogP contribution in [0.1, 0.15) is 6.42 Å². The van der Waals surface area contributed by atoms with Crippen LogP contribution in [0.5, 0.6) is 0 Å². The van der Waals surface area contributed by atoms with E-state index in [0.717, 1.165) is 26.1 Å². The Labute approximate surface area is 146 Å².